The average Bonchev–Trinajstić information content (AvgIpc) is 2.16. The number of hydrogen-bond acceptors (Lipinski definition) is 4. The minimum atomic E-state index is -0.427. The predicted molar refractivity (Wildman–Crippen MR) is 54.4 cm³/mol. The lowest BCUT2D eigenvalue weighted by Crippen LogP contribution is -2.24. The van der Waals surface area contributed by atoms with E-state index < -0.39 is 6.10 Å². The van der Waals surface area contributed by atoms with E-state index in [0.717, 1.165) is 13.0 Å². The second kappa shape index (κ2) is 9.40. The molecule has 4 heteroatoms. The summed E-state index contributed by atoms with van der Waals surface area (Å²) >= 11 is 0. The van der Waals surface area contributed by atoms with Crippen molar-refractivity contribution in [1.82, 2.24) is 0 Å². The maximum atomic E-state index is 9.11. The lowest BCUT2D eigenvalue weighted by atomic mass is 10.3. The van der Waals surface area contributed by atoms with E-state index >= 15 is 0 Å². The Morgan fingerprint density at radius 2 is 1.79 bits per heavy atom. The van der Waals surface area contributed by atoms with E-state index in [-0.39, 0.29) is 6.10 Å². The third-order valence-corrected chi connectivity index (χ3v) is 1.92. The van der Waals surface area contributed by atoms with E-state index in [1.54, 1.807) is 14.0 Å². The average molecular weight is 206 g/mol. The van der Waals surface area contributed by atoms with Gasteiger partial charge >= 0.3 is 0 Å². The molecule has 1 N–H and O–H groups in total. The molecule has 0 aliphatic carbocycles. The highest BCUT2D eigenvalue weighted by molar-refractivity contribution is 4.56. The third kappa shape index (κ3) is 8.44. The van der Waals surface area contributed by atoms with Gasteiger partial charge < -0.3 is 19.3 Å². The van der Waals surface area contributed by atoms with Crippen molar-refractivity contribution in [2.24, 2.45) is 0 Å². The zero-order valence-corrected chi connectivity index (χ0v) is 9.36. The minimum absolute atomic E-state index is 0.127. The third-order valence-electron chi connectivity index (χ3n) is 1.92. The molecule has 86 valence electrons. The van der Waals surface area contributed by atoms with Crippen LogP contribution >= 0.6 is 0 Å². The van der Waals surface area contributed by atoms with Crippen molar-refractivity contribution in [2.45, 2.75) is 32.5 Å². The molecule has 0 aromatic carbocycles. The molecule has 0 spiro atoms. The van der Waals surface area contributed by atoms with Gasteiger partial charge in [-0.05, 0) is 20.3 Å². The lowest BCUT2D eigenvalue weighted by Gasteiger charge is -2.15. The summed E-state index contributed by atoms with van der Waals surface area (Å²) in [5, 5.41) is 9.11. The Bertz CT molecular complexity index is 117. The SMILES string of the molecule is COCCCOCCOC(C)[C@@H](C)O. The molecular weight excluding hydrogens is 184 g/mol. The number of hydrogen-bond donors (Lipinski definition) is 1. The van der Waals surface area contributed by atoms with Crippen LogP contribution in [0.5, 0.6) is 0 Å². The maximum Gasteiger partial charge on any atom is 0.0804 e. The number of ether oxygens (including phenoxy) is 3. The van der Waals surface area contributed by atoms with Crippen LogP contribution in [0.3, 0.4) is 0 Å². The number of rotatable bonds is 9. The largest absolute Gasteiger partial charge is 0.391 e. The molecule has 0 amide bonds. The standard InChI is InChI=1S/C10H22O4/c1-9(11)10(2)14-8-7-13-6-4-5-12-3/h9-11H,4-8H2,1-3H3/t9-,10?/m1/s1. The predicted octanol–water partition coefficient (Wildman–Crippen LogP) is 0.825. The van der Waals surface area contributed by atoms with Crippen LogP contribution in [0.4, 0.5) is 0 Å². The van der Waals surface area contributed by atoms with Gasteiger partial charge in [0, 0.05) is 20.3 Å². The molecule has 0 saturated carbocycles. The Balaban J connectivity index is 3.06. The van der Waals surface area contributed by atoms with Gasteiger partial charge in [-0.2, -0.15) is 0 Å². The van der Waals surface area contributed by atoms with E-state index in [9.17, 15) is 0 Å². The van der Waals surface area contributed by atoms with Gasteiger partial charge in [0.2, 0.25) is 0 Å². The molecule has 2 atom stereocenters. The Morgan fingerprint density at radius 1 is 1.07 bits per heavy atom. The zero-order valence-electron chi connectivity index (χ0n) is 9.36. The summed E-state index contributed by atoms with van der Waals surface area (Å²) in [6, 6.07) is 0. The first-order valence-corrected chi connectivity index (χ1v) is 5.04. The van der Waals surface area contributed by atoms with Crippen molar-refractivity contribution in [3.63, 3.8) is 0 Å². The normalized spacial score (nSPS) is 15.4. The molecule has 4 nitrogen and oxygen atoms in total. The first-order valence-electron chi connectivity index (χ1n) is 5.04. The molecule has 0 radical (unpaired) electrons. The van der Waals surface area contributed by atoms with Gasteiger partial charge in [0.05, 0.1) is 25.4 Å². The van der Waals surface area contributed by atoms with Gasteiger partial charge in [-0.1, -0.05) is 0 Å². The fourth-order valence-electron chi connectivity index (χ4n) is 0.840. The Kier molecular flexibility index (Phi) is 9.29. The van der Waals surface area contributed by atoms with Gasteiger partial charge in [-0.25, -0.2) is 0 Å². The minimum Gasteiger partial charge on any atom is -0.391 e. The fourth-order valence-corrected chi connectivity index (χ4v) is 0.840. The highest BCUT2D eigenvalue weighted by atomic mass is 16.5. The van der Waals surface area contributed by atoms with E-state index in [1.165, 1.54) is 0 Å². The van der Waals surface area contributed by atoms with Crippen LogP contribution in [0.2, 0.25) is 0 Å². The van der Waals surface area contributed by atoms with Gasteiger partial charge in [-0.15, -0.1) is 0 Å². The smallest absolute Gasteiger partial charge is 0.0804 e. The molecule has 0 heterocycles. The first kappa shape index (κ1) is 13.8. The summed E-state index contributed by atoms with van der Waals surface area (Å²) in [5.41, 5.74) is 0. The second-order valence-corrected chi connectivity index (χ2v) is 3.28. The Morgan fingerprint density at radius 3 is 2.36 bits per heavy atom. The zero-order chi connectivity index (χ0) is 10.8. The molecule has 0 aromatic rings. The topological polar surface area (TPSA) is 47.9 Å². The van der Waals surface area contributed by atoms with Crippen molar-refractivity contribution < 1.29 is 19.3 Å². The molecule has 1 unspecified atom stereocenters. The molecule has 0 aliphatic rings. The summed E-state index contributed by atoms with van der Waals surface area (Å²) in [4.78, 5) is 0. The van der Waals surface area contributed by atoms with Gasteiger partial charge in [0.25, 0.3) is 0 Å². The number of aliphatic hydroxyl groups excluding tert-OH is 1. The van der Waals surface area contributed by atoms with Gasteiger partial charge in [0.1, 0.15) is 0 Å². The van der Waals surface area contributed by atoms with Crippen LogP contribution in [0.25, 0.3) is 0 Å². The van der Waals surface area contributed by atoms with Crippen LogP contribution in [0.15, 0.2) is 0 Å². The molecule has 0 aromatic heterocycles. The summed E-state index contributed by atoms with van der Waals surface area (Å²) in [5.74, 6) is 0. The van der Waals surface area contributed by atoms with Gasteiger partial charge in [0.15, 0.2) is 0 Å². The van der Waals surface area contributed by atoms with Crippen LogP contribution in [0.1, 0.15) is 20.3 Å². The molecule has 0 aliphatic heterocycles. The molecular formula is C10H22O4. The molecule has 0 rings (SSSR count). The van der Waals surface area contributed by atoms with Crippen LogP contribution in [-0.2, 0) is 14.2 Å². The Hall–Kier alpha value is -0.160. The number of aliphatic hydroxyl groups is 1. The van der Waals surface area contributed by atoms with Crippen molar-refractivity contribution >= 4 is 0 Å². The van der Waals surface area contributed by atoms with Gasteiger partial charge in [-0.3, -0.25) is 0 Å². The van der Waals surface area contributed by atoms with Crippen molar-refractivity contribution in [1.29, 1.82) is 0 Å². The highest BCUT2D eigenvalue weighted by Gasteiger charge is 2.07. The monoisotopic (exact) mass is 206 g/mol. The molecule has 0 saturated heterocycles. The van der Waals surface area contributed by atoms with E-state index in [0.29, 0.717) is 19.8 Å². The van der Waals surface area contributed by atoms with E-state index in [1.807, 2.05) is 6.92 Å². The molecule has 0 bridgehead atoms. The van der Waals surface area contributed by atoms with E-state index in [2.05, 4.69) is 0 Å². The summed E-state index contributed by atoms with van der Waals surface area (Å²) < 4.78 is 15.5. The van der Waals surface area contributed by atoms with Crippen molar-refractivity contribution in [3.05, 3.63) is 0 Å². The van der Waals surface area contributed by atoms with Crippen molar-refractivity contribution in [2.75, 3.05) is 33.5 Å². The summed E-state index contributed by atoms with van der Waals surface area (Å²) in [6.07, 6.45) is 0.351. The summed E-state index contributed by atoms with van der Waals surface area (Å²) in [7, 11) is 1.67. The fraction of sp³-hybridized carbons (Fsp3) is 1.00. The quantitative estimate of drug-likeness (QED) is 0.568. The van der Waals surface area contributed by atoms with Crippen LogP contribution in [0, 0.1) is 0 Å². The number of methoxy groups -OCH3 is 1. The maximum absolute atomic E-state index is 9.11. The molecule has 14 heavy (non-hydrogen) atoms. The molecule has 0 fully saturated rings. The van der Waals surface area contributed by atoms with E-state index in [4.69, 9.17) is 19.3 Å². The van der Waals surface area contributed by atoms with Crippen molar-refractivity contribution in [3.8, 4) is 0 Å². The summed E-state index contributed by atoms with van der Waals surface area (Å²) in [6.45, 7) is 6.07. The first-order chi connectivity index (χ1) is 6.68. The highest BCUT2D eigenvalue weighted by Crippen LogP contribution is 1.96. The van der Waals surface area contributed by atoms with Crippen LogP contribution < -0.4 is 0 Å². The Labute approximate surface area is 86.2 Å². The lowest BCUT2D eigenvalue weighted by molar-refractivity contribution is -0.0416. The van der Waals surface area contributed by atoms with Crippen LogP contribution in [-0.4, -0.2) is 50.9 Å². The second-order valence-electron chi connectivity index (χ2n) is 3.28.